The predicted molar refractivity (Wildman–Crippen MR) is 134 cm³/mol. The van der Waals surface area contributed by atoms with Crippen LogP contribution in [0, 0.1) is 0 Å². The van der Waals surface area contributed by atoms with Crippen LogP contribution in [0.2, 0.25) is 0 Å². The van der Waals surface area contributed by atoms with E-state index >= 15 is 0 Å². The Labute approximate surface area is 181 Å². The molecule has 0 saturated heterocycles. The van der Waals surface area contributed by atoms with Gasteiger partial charge in [0.15, 0.2) is 0 Å². The molecule has 0 nitrogen and oxygen atoms in total. The normalized spacial score (nSPS) is 13.2. The first kappa shape index (κ1) is 16.8. The third kappa shape index (κ3) is 2.42. The lowest BCUT2D eigenvalue weighted by Crippen LogP contribution is -1.90. The van der Waals surface area contributed by atoms with Crippen LogP contribution in [0.25, 0.3) is 48.7 Å². The molecular formula is C31H20. The molecular weight excluding hydrogens is 372 g/mol. The van der Waals surface area contributed by atoms with Gasteiger partial charge in [-0.1, -0.05) is 97.1 Å². The molecule has 0 aromatic heterocycles. The van der Waals surface area contributed by atoms with E-state index in [4.69, 9.17) is 0 Å². The monoisotopic (exact) mass is 392 g/mol. The molecule has 0 saturated carbocycles. The van der Waals surface area contributed by atoms with E-state index in [1.54, 1.807) is 0 Å². The maximum absolute atomic E-state index is 2.40. The quantitative estimate of drug-likeness (QED) is 0.247. The second-order valence-corrected chi connectivity index (χ2v) is 8.53. The lowest BCUT2D eigenvalue weighted by atomic mass is 9.90. The minimum absolute atomic E-state index is 1.01. The van der Waals surface area contributed by atoms with E-state index in [1.165, 1.54) is 65.4 Å². The standard InChI is InChI=1S/C31H20/c1-2-8-21-18-30-22(17-20(21)7-1)13-15-24(30)23-14-16-29-27-11-4-3-9-25(27)26-10-5-6-12-28(26)31(29)19-23/h1-12,14-19H,13H2. The summed E-state index contributed by atoms with van der Waals surface area (Å²) >= 11 is 0. The van der Waals surface area contributed by atoms with E-state index in [0.29, 0.717) is 0 Å². The Morgan fingerprint density at radius 3 is 1.68 bits per heavy atom. The molecule has 0 fully saturated rings. The molecule has 0 radical (unpaired) electrons. The Balaban J connectivity index is 1.51. The molecule has 31 heavy (non-hydrogen) atoms. The van der Waals surface area contributed by atoms with Gasteiger partial charge in [-0.15, -0.1) is 0 Å². The molecule has 0 atom stereocenters. The van der Waals surface area contributed by atoms with Crippen molar-refractivity contribution in [1.29, 1.82) is 0 Å². The van der Waals surface area contributed by atoms with Crippen molar-refractivity contribution in [3.05, 3.63) is 126 Å². The topological polar surface area (TPSA) is 0 Å². The maximum Gasteiger partial charge on any atom is -0.00816 e. The Bertz CT molecular complexity index is 1660. The Morgan fingerprint density at radius 1 is 0.452 bits per heavy atom. The number of hydrogen-bond acceptors (Lipinski definition) is 0. The Hall–Kier alpha value is -3.90. The predicted octanol–water partition coefficient (Wildman–Crippen LogP) is 8.29. The van der Waals surface area contributed by atoms with Gasteiger partial charge >= 0.3 is 0 Å². The van der Waals surface area contributed by atoms with Gasteiger partial charge in [0.05, 0.1) is 0 Å². The van der Waals surface area contributed by atoms with Gasteiger partial charge in [0.1, 0.15) is 0 Å². The molecule has 6 aromatic carbocycles. The van der Waals surface area contributed by atoms with E-state index < -0.39 is 0 Å². The molecule has 0 heterocycles. The molecule has 1 aliphatic rings. The van der Waals surface area contributed by atoms with Crippen molar-refractivity contribution in [1.82, 2.24) is 0 Å². The summed E-state index contributed by atoms with van der Waals surface area (Å²) in [5.74, 6) is 0. The number of allylic oxidation sites excluding steroid dienone is 1. The third-order valence-corrected chi connectivity index (χ3v) is 6.84. The molecule has 0 unspecified atom stereocenters. The van der Waals surface area contributed by atoms with Crippen LogP contribution < -0.4 is 0 Å². The molecule has 144 valence electrons. The van der Waals surface area contributed by atoms with Crippen molar-refractivity contribution in [3.63, 3.8) is 0 Å². The molecule has 0 bridgehead atoms. The van der Waals surface area contributed by atoms with Crippen LogP contribution in [-0.4, -0.2) is 0 Å². The van der Waals surface area contributed by atoms with Crippen LogP contribution in [0.15, 0.2) is 109 Å². The summed E-state index contributed by atoms with van der Waals surface area (Å²) < 4.78 is 0. The summed E-state index contributed by atoms with van der Waals surface area (Å²) in [6.07, 6.45) is 3.40. The second kappa shape index (κ2) is 6.30. The van der Waals surface area contributed by atoms with E-state index in [0.717, 1.165) is 6.42 Å². The largest absolute Gasteiger partial charge is 0.0716 e. The van der Waals surface area contributed by atoms with Gasteiger partial charge < -0.3 is 0 Å². The summed E-state index contributed by atoms with van der Waals surface area (Å²) in [4.78, 5) is 0. The first-order valence-corrected chi connectivity index (χ1v) is 10.9. The van der Waals surface area contributed by atoms with Gasteiger partial charge in [0, 0.05) is 0 Å². The van der Waals surface area contributed by atoms with E-state index in [9.17, 15) is 0 Å². The van der Waals surface area contributed by atoms with Crippen LogP contribution in [0.1, 0.15) is 16.7 Å². The minimum atomic E-state index is 1.01. The Morgan fingerprint density at radius 2 is 1.00 bits per heavy atom. The number of hydrogen-bond donors (Lipinski definition) is 0. The second-order valence-electron chi connectivity index (χ2n) is 8.53. The van der Waals surface area contributed by atoms with Gasteiger partial charge in [-0.25, -0.2) is 0 Å². The summed E-state index contributed by atoms with van der Waals surface area (Å²) in [6.45, 7) is 0. The smallest absolute Gasteiger partial charge is 0.00816 e. The molecule has 1 aliphatic carbocycles. The highest BCUT2D eigenvalue weighted by Crippen LogP contribution is 2.40. The average Bonchev–Trinajstić information content (AvgIpc) is 3.25. The van der Waals surface area contributed by atoms with Crippen LogP contribution in [0.5, 0.6) is 0 Å². The van der Waals surface area contributed by atoms with Crippen molar-refractivity contribution in [2.45, 2.75) is 6.42 Å². The number of fused-ring (bicyclic) bond motifs is 8. The molecule has 0 aliphatic heterocycles. The lowest BCUT2D eigenvalue weighted by molar-refractivity contribution is 1.32. The third-order valence-electron chi connectivity index (χ3n) is 6.84. The molecule has 7 rings (SSSR count). The SMILES string of the molecule is C1=C(c2ccc3c4ccccc4c4ccccc4c3c2)c2cc3ccccc3cc2C1. The number of rotatable bonds is 1. The van der Waals surface area contributed by atoms with Crippen molar-refractivity contribution in [3.8, 4) is 0 Å². The zero-order chi connectivity index (χ0) is 20.4. The summed E-state index contributed by atoms with van der Waals surface area (Å²) in [5, 5.41) is 10.6. The fourth-order valence-corrected chi connectivity index (χ4v) is 5.38. The molecule has 6 aromatic rings. The summed E-state index contributed by atoms with van der Waals surface area (Å²) in [5.41, 5.74) is 5.47. The molecule has 0 spiro atoms. The average molecular weight is 393 g/mol. The van der Waals surface area contributed by atoms with Gasteiger partial charge in [0.2, 0.25) is 0 Å². The molecule has 0 amide bonds. The van der Waals surface area contributed by atoms with Crippen molar-refractivity contribution < 1.29 is 0 Å². The van der Waals surface area contributed by atoms with Gasteiger partial charge in [-0.2, -0.15) is 0 Å². The summed E-state index contributed by atoms with van der Waals surface area (Å²) in [6, 6.07) is 38.0. The Kier molecular flexibility index (Phi) is 3.42. The lowest BCUT2D eigenvalue weighted by Gasteiger charge is -2.13. The highest BCUT2D eigenvalue weighted by atomic mass is 14.2. The first-order chi connectivity index (χ1) is 15.4. The molecule has 0 heteroatoms. The maximum atomic E-state index is 2.40. The summed E-state index contributed by atoms with van der Waals surface area (Å²) in [7, 11) is 0. The van der Waals surface area contributed by atoms with Crippen LogP contribution in [0.3, 0.4) is 0 Å². The minimum Gasteiger partial charge on any atom is -0.0716 e. The highest BCUT2D eigenvalue weighted by Gasteiger charge is 2.18. The van der Waals surface area contributed by atoms with Gasteiger partial charge in [0.25, 0.3) is 0 Å². The van der Waals surface area contributed by atoms with Crippen LogP contribution >= 0.6 is 0 Å². The van der Waals surface area contributed by atoms with Crippen molar-refractivity contribution >= 4 is 48.7 Å². The van der Waals surface area contributed by atoms with E-state index in [-0.39, 0.29) is 0 Å². The fraction of sp³-hybridized carbons (Fsp3) is 0.0323. The van der Waals surface area contributed by atoms with E-state index in [2.05, 4.69) is 109 Å². The van der Waals surface area contributed by atoms with Gasteiger partial charge in [-0.05, 0) is 83.9 Å². The zero-order valence-corrected chi connectivity index (χ0v) is 17.1. The molecule has 0 N–H and O–H groups in total. The van der Waals surface area contributed by atoms with Crippen LogP contribution in [-0.2, 0) is 6.42 Å². The number of benzene rings is 6. The highest BCUT2D eigenvalue weighted by molar-refractivity contribution is 6.25. The fourth-order valence-electron chi connectivity index (χ4n) is 5.38. The zero-order valence-electron chi connectivity index (χ0n) is 17.1. The van der Waals surface area contributed by atoms with E-state index in [1.807, 2.05) is 0 Å². The van der Waals surface area contributed by atoms with Crippen LogP contribution in [0.4, 0.5) is 0 Å². The first-order valence-electron chi connectivity index (χ1n) is 10.9. The van der Waals surface area contributed by atoms with Crippen molar-refractivity contribution in [2.24, 2.45) is 0 Å². The van der Waals surface area contributed by atoms with Gasteiger partial charge in [-0.3, -0.25) is 0 Å². The van der Waals surface area contributed by atoms with Crippen molar-refractivity contribution in [2.75, 3.05) is 0 Å².